The first-order chi connectivity index (χ1) is 7.98. The highest BCUT2D eigenvalue weighted by molar-refractivity contribution is 5.85. The molecule has 0 saturated heterocycles. The molecule has 1 atom stereocenters. The molecule has 0 bridgehead atoms. The topological polar surface area (TPSA) is 29.5 Å². The Morgan fingerprint density at radius 3 is 2.47 bits per heavy atom. The molecule has 1 aliphatic rings. The molecule has 0 saturated carbocycles. The number of hydrogen-bond donors (Lipinski definition) is 0. The van der Waals surface area contributed by atoms with Gasteiger partial charge in [0.05, 0.1) is 6.54 Å². The Balaban J connectivity index is 2.07. The van der Waals surface area contributed by atoms with Gasteiger partial charge in [0.15, 0.2) is 0 Å². The van der Waals surface area contributed by atoms with Gasteiger partial charge < -0.3 is 9.64 Å². The molecule has 0 amide bonds. The SMILES string of the molecule is Cc1ccc(N(C)CC2(C)C=CC(=O)O2)cc1. The largest absolute Gasteiger partial charge is 0.450 e. The van der Waals surface area contributed by atoms with E-state index in [-0.39, 0.29) is 5.97 Å². The van der Waals surface area contributed by atoms with Crippen LogP contribution in [0.5, 0.6) is 0 Å². The number of carbonyl (C=O) groups excluding carboxylic acids is 1. The van der Waals surface area contributed by atoms with E-state index >= 15 is 0 Å². The summed E-state index contributed by atoms with van der Waals surface area (Å²) in [7, 11) is 2.00. The van der Waals surface area contributed by atoms with E-state index in [1.165, 1.54) is 11.6 Å². The third-order valence-corrected chi connectivity index (χ3v) is 2.93. The smallest absolute Gasteiger partial charge is 0.331 e. The summed E-state index contributed by atoms with van der Waals surface area (Å²) in [4.78, 5) is 13.2. The monoisotopic (exact) mass is 231 g/mol. The lowest BCUT2D eigenvalue weighted by Gasteiger charge is -2.29. The Morgan fingerprint density at radius 2 is 1.94 bits per heavy atom. The zero-order valence-corrected chi connectivity index (χ0v) is 10.4. The maximum absolute atomic E-state index is 11.1. The van der Waals surface area contributed by atoms with Gasteiger partial charge in [-0.15, -0.1) is 0 Å². The molecule has 3 heteroatoms. The lowest BCUT2D eigenvalue weighted by molar-refractivity contribution is -0.143. The first kappa shape index (κ1) is 11.7. The molecule has 0 spiro atoms. The van der Waals surface area contributed by atoms with E-state index in [9.17, 15) is 4.79 Å². The number of rotatable bonds is 3. The summed E-state index contributed by atoms with van der Waals surface area (Å²) in [6, 6.07) is 8.29. The summed E-state index contributed by atoms with van der Waals surface area (Å²) in [5, 5.41) is 0. The molecular weight excluding hydrogens is 214 g/mol. The molecule has 0 aliphatic carbocycles. The van der Waals surface area contributed by atoms with E-state index in [4.69, 9.17) is 4.74 Å². The molecule has 1 aromatic carbocycles. The molecule has 0 radical (unpaired) electrons. The molecule has 1 aromatic rings. The molecule has 0 aromatic heterocycles. The van der Waals surface area contributed by atoms with Crippen LogP contribution in [0.25, 0.3) is 0 Å². The maximum Gasteiger partial charge on any atom is 0.331 e. The number of ether oxygens (including phenoxy) is 1. The van der Waals surface area contributed by atoms with E-state index in [0.717, 1.165) is 5.69 Å². The van der Waals surface area contributed by atoms with Gasteiger partial charge in [-0.25, -0.2) is 4.79 Å². The van der Waals surface area contributed by atoms with Gasteiger partial charge in [0.1, 0.15) is 5.60 Å². The molecular formula is C14H17NO2. The normalized spacial score (nSPS) is 22.6. The molecule has 1 unspecified atom stereocenters. The summed E-state index contributed by atoms with van der Waals surface area (Å²) in [5.74, 6) is -0.259. The fraction of sp³-hybridized carbons (Fsp3) is 0.357. The zero-order chi connectivity index (χ0) is 12.5. The number of aryl methyl sites for hydroxylation is 1. The minimum absolute atomic E-state index is 0.259. The predicted molar refractivity (Wildman–Crippen MR) is 68.1 cm³/mol. The first-order valence-electron chi connectivity index (χ1n) is 5.69. The fourth-order valence-corrected chi connectivity index (χ4v) is 1.99. The van der Waals surface area contributed by atoms with Crippen molar-refractivity contribution in [3.05, 3.63) is 42.0 Å². The quantitative estimate of drug-likeness (QED) is 0.748. The Labute approximate surface area is 102 Å². The van der Waals surface area contributed by atoms with Gasteiger partial charge in [-0.05, 0) is 32.1 Å². The first-order valence-corrected chi connectivity index (χ1v) is 5.69. The Morgan fingerprint density at radius 1 is 1.29 bits per heavy atom. The summed E-state index contributed by atoms with van der Waals surface area (Å²) >= 11 is 0. The van der Waals surface area contributed by atoms with Crippen LogP contribution in [0.1, 0.15) is 12.5 Å². The molecule has 2 rings (SSSR count). The average Bonchev–Trinajstić information content (AvgIpc) is 2.59. The number of carbonyl (C=O) groups is 1. The molecule has 90 valence electrons. The van der Waals surface area contributed by atoms with E-state index in [1.54, 1.807) is 0 Å². The van der Waals surface area contributed by atoms with Gasteiger partial charge in [0.2, 0.25) is 0 Å². The van der Waals surface area contributed by atoms with Crippen LogP contribution < -0.4 is 4.90 Å². The second-order valence-electron chi connectivity index (χ2n) is 4.76. The van der Waals surface area contributed by atoms with Crippen LogP contribution in [-0.2, 0) is 9.53 Å². The summed E-state index contributed by atoms with van der Waals surface area (Å²) in [6.45, 7) is 4.63. The summed E-state index contributed by atoms with van der Waals surface area (Å²) < 4.78 is 5.27. The van der Waals surface area contributed by atoms with Crippen LogP contribution >= 0.6 is 0 Å². The van der Waals surface area contributed by atoms with Crippen molar-refractivity contribution < 1.29 is 9.53 Å². The molecule has 17 heavy (non-hydrogen) atoms. The van der Waals surface area contributed by atoms with Gasteiger partial charge in [0, 0.05) is 18.8 Å². The Bertz CT molecular complexity index is 450. The highest BCUT2D eigenvalue weighted by Crippen LogP contribution is 2.23. The van der Waals surface area contributed by atoms with Crippen molar-refractivity contribution in [3.8, 4) is 0 Å². The van der Waals surface area contributed by atoms with Crippen LogP contribution in [-0.4, -0.2) is 25.2 Å². The van der Waals surface area contributed by atoms with Crippen molar-refractivity contribution in [1.82, 2.24) is 0 Å². The highest BCUT2D eigenvalue weighted by atomic mass is 16.6. The van der Waals surface area contributed by atoms with Crippen LogP contribution in [0.3, 0.4) is 0 Å². The van der Waals surface area contributed by atoms with Gasteiger partial charge in [-0.1, -0.05) is 17.7 Å². The number of anilines is 1. The number of benzene rings is 1. The Kier molecular flexibility index (Phi) is 2.92. The van der Waals surface area contributed by atoms with Crippen molar-refractivity contribution in [2.45, 2.75) is 19.4 Å². The van der Waals surface area contributed by atoms with Crippen LogP contribution in [0, 0.1) is 6.92 Å². The molecule has 0 fully saturated rings. The van der Waals surface area contributed by atoms with E-state index in [0.29, 0.717) is 6.54 Å². The Hall–Kier alpha value is -1.77. The average molecular weight is 231 g/mol. The van der Waals surface area contributed by atoms with E-state index in [2.05, 4.69) is 36.1 Å². The number of nitrogens with zero attached hydrogens (tertiary/aromatic N) is 1. The number of hydrogen-bond acceptors (Lipinski definition) is 3. The number of likely N-dealkylation sites (N-methyl/N-ethyl adjacent to an activating group) is 1. The second-order valence-corrected chi connectivity index (χ2v) is 4.76. The van der Waals surface area contributed by atoms with Crippen molar-refractivity contribution in [3.63, 3.8) is 0 Å². The molecule has 3 nitrogen and oxygen atoms in total. The third kappa shape index (κ3) is 2.67. The third-order valence-electron chi connectivity index (χ3n) is 2.93. The van der Waals surface area contributed by atoms with Crippen molar-refractivity contribution in [1.29, 1.82) is 0 Å². The van der Waals surface area contributed by atoms with Crippen LogP contribution in [0.4, 0.5) is 5.69 Å². The summed E-state index contributed by atoms with van der Waals surface area (Å²) in [5.41, 5.74) is 1.84. The summed E-state index contributed by atoms with van der Waals surface area (Å²) in [6.07, 6.45) is 3.31. The predicted octanol–water partition coefficient (Wildman–Crippen LogP) is 2.30. The molecule has 0 N–H and O–H groups in total. The maximum atomic E-state index is 11.1. The van der Waals surface area contributed by atoms with Crippen molar-refractivity contribution in [2.75, 3.05) is 18.5 Å². The fourth-order valence-electron chi connectivity index (χ4n) is 1.99. The zero-order valence-electron chi connectivity index (χ0n) is 10.4. The van der Waals surface area contributed by atoms with E-state index < -0.39 is 5.60 Å². The minimum Gasteiger partial charge on any atom is -0.450 e. The van der Waals surface area contributed by atoms with Crippen LogP contribution in [0.2, 0.25) is 0 Å². The number of cyclic esters (lactones) is 1. The van der Waals surface area contributed by atoms with Gasteiger partial charge >= 0.3 is 5.97 Å². The number of esters is 1. The highest BCUT2D eigenvalue weighted by Gasteiger charge is 2.31. The standard InChI is InChI=1S/C14H17NO2/c1-11-4-6-12(7-5-11)15(3)10-14(2)9-8-13(16)17-14/h4-9H,10H2,1-3H3. The lowest BCUT2D eigenvalue weighted by atomic mass is 10.1. The van der Waals surface area contributed by atoms with Gasteiger partial charge in [0.25, 0.3) is 0 Å². The lowest BCUT2D eigenvalue weighted by Crippen LogP contribution is -2.38. The van der Waals surface area contributed by atoms with Crippen molar-refractivity contribution in [2.24, 2.45) is 0 Å². The van der Waals surface area contributed by atoms with E-state index in [1.807, 2.05) is 20.0 Å². The van der Waals surface area contributed by atoms with Crippen LogP contribution in [0.15, 0.2) is 36.4 Å². The van der Waals surface area contributed by atoms with Crippen molar-refractivity contribution >= 4 is 11.7 Å². The van der Waals surface area contributed by atoms with Gasteiger partial charge in [-0.3, -0.25) is 0 Å². The molecule has 1 aliphatic heterocycles. The van der Waals surface area contributed by atoms with Gasteiger partial charge in [-0.2, -0.15) is 0 Å². The second kappa shape index (κ2) is 4.24. The molecule has 1 heterocycles. The minimum atomic E-state index is -0.517.